The molecule has 1 unspecified atom stereocenters. The molecule has 0 bridgehead atoms. The Morgan fingerprint density at radius 2 is 1.61 bits per heavy atom. The van der Waals surface area contributed by atoms with Crippen molar-refractivity contribution in [3.8, 4) is 0 Å². The molecule has 1 atom stereocenters. The van der Waals surface area contributed by atoms with E-state index in [0.717, 1.165) is 18.0 Å². The van der Waals surface area contributed by atoms with E-state index in [2.05, 4.69) is 67.0 Å². The van der Waals surface area contributed by atoms with Gasteiger partial charge in [-0.15, -0.1) is 0 Å². The Hall–Kier alpha value is -2.00. The zero-order chi connectivity index (χ0) is 24.7. The summed E-state index contributed by atoms with van der Waals surface area (Å²) in [5.41, 5.74) is -4.57. The number of rotatable bonds is 8. The van der Waals surface area contributed by atoms with Crippen molar-refractivity contribution in [3.05, 3.63) is 48.0 Å². The molecule has 0 aliphatic rings. The zero-order valence-electron chi connectivity index (χ0n) is 17.6. The molecule has 0 aliphatic carbocycles. The maximum absolute atomic E-state index is 11.9. The molecule has 0 fully saturated rings. The van der Waals surface area contributed by atoms with Gasteiger partial charge in [0.25, 0.3) is 0 Å². The summed E-state index contributed by atoms with van der Waals surface area (Å²) in [6, 6.07) is 10.6. The number of quaternary nitrogens is 1. The SMILES string of the molecule is C=C(C)C(=O)OC(C)OS(=O)(=O)NS(=O)(=O)C(F)(F)F.C[N+](C)(C)Cc1ccccc1. The standard InChI is InChI=1S/C10H16N.C7H10F3NO7S2/c1-11(2,3)9-10-7-5-4-6-8-10;1-4(2)6(12)17-5(3)18-20(15,16)11-19(13,14)7(8,9)10/h4-8H,9H2,1-3H3;5,11H,1H2,2-3H3/q+1;. The summed E-state index contributed by atoms with van der Waals surface area (Å²) in [5, 5.41) is 0. The van der Waals surface area contributed by atoms with Gasteiger partial charge in [-0.2, -0.15) is 21.6 Å². The van der Waals surface area contributed by atoms with E-state index in [4.69, 9.17) is 0 Å². The third kappa shape index (κ3) is 12.4. The van der Waals surface area contributed by atoms with Crippen LogP contribution in [-0.4, -0.2) is 60.2 Å². The van der Waals surface area contributed by atoms with Crippen molar-refractivity contribution >= 4 is 26.3 Å². The van der Waals surface area contributed by atoms with Gasteiger partial charge in [0.1, 0.15) is 6.54 Å². The molecule has 178 valence electrons. The molecule has 14 heteroatoms. The van der Waals surface area contributed by atoms with Crippen LogP contribution >= 0.6 is 0 Å². The maximum atomic E-state index is 11.9. The van der Waals surface area contributed by atoms with E-state index < -0.39 is 38.1 Å². The van der Waals surface area contributed by atoms with Crippen LogP contribution in [0.15, 0.2) is 42.5 Å². The number of hydrogen-bond donors (Lipinski definition) is 1. The first-order chi connectivity index (χ1) is 13.8. The Morgan fingerprint density at radius 3 is 2.00 bits per heavy atom. The molecular weight excluding hydrogens is 465 g/mol. The topological polar surface area (TPSA) is 116 Å². The number of carbonyl (C=O) groups excluding carboxylic acids is 1. The van der Waals surface area contributed by atoms with Crippen molar-refractivity contribution in [2.45, 2.75) is 32.2 Å². The predicted molar refractivity (Wildman–Crippen MR) is 107 cm³/mol. The average molecular weight is 492 g/mol. The molecule has 1 aromatic rings. The normalized spacial score (nSPS) is 13.5. The number of nitrogens with zero attached hydrogens (tertiary/aromatic N) is 1. The molecule has 0 amide bonds. The molecule has 0 heterocycles. The third-order valence-electron chi connectivity index (χ3n) is 2.90. The number of ether oxygens (including phenoxy) is 1. The molecular formula is C17H26F3N2O7S2+. The minimum absolute atomic E-state index is 0.131. The lowest BCUT2D eigenvalue weighted by molar-refractivity contribution is -0.884. The maximum Gasteiger partial charge on any atom is 0.512 e. The summed E-state index contributed by atoms with van der Waals surface area (Å²) >= 11 is 0. The number of nitrogens with one attached hydrogen (secondary N) is 1. The molecule has 9 nitrogen and oxygen atoms in total. The third-order valence-corrected chi connectivity index (χ3v) is 5.73. The van der Waals surface area contributed by atoms with Gasteiger partial charge in [0.2, 0.25) is 6.29 Å². The number of alkyl halides is 3. The van der Waals surface area contributed by atoms with E-state index in [-0.39, 0.29) is 9.70 Å². The Bertz CT molecular complexity index is 956. The van der Waals surface area contributed by atoms with Gasteiger partial charge in [-0.1, -0.05) is 41.0 Å². The minimum Gasteiger partial charge on any atom is -0.431 e. The van der Waals surface area contributed by atoms with E-state index in [0.29, 0.717) is 0 Å². The summed E-state index contributed by atoms with van der Waals surface area (Å²) < 4.78 is 88.5. The highest BCUT2D eigenvalue weighted by molar-refractivity contribution is 8.03. The summed E-state index contributed by atoms with van der Waals surface area (Å²) in [5.74, 6) is -1.08. The Labute approximate surface area is 180 Å². The number of carbonyl (C=O) groups is 1. The highest BCUT2D eigenvalue weighted by Gasteiger charge is 2.48. The number of halogens is 3. The van der Waals surface area contributed by atoms with Crippen molar-refractivity contribution in [1.29, 1.82) is 0 Å². The average Bonchev–Trinajstić information content (AvgIpc) is 2.51. The lowest BCUT2D eigenvalue weighted by atomic mass is 10.2. The Morgan fingerprint density at radius 1 is 1.13 bits per heavy atom. The van der Waals surface area contributed by atoms with Crippen LogP contribution < -0.4 is 4.13 Å². The Kier molecular flexibility index (Phi) is 10.3. The zero-order valence-corrected chi connectivity index (χ0v) is 19.3. The minimum atomic E-state index is -6.17. The molecule has 0 radical (unpaired) electrons. The van der Waals surface area contributed by atoms with Crippen LogP contribution in [0.1, 0.15) is 19.4 Å². The van der Waals surface area contributed by atoms with Crippen LogP contribution in [-0.2, 0) is 40.6 Å². The first-order valence-electron chi connectivity index (χ1n) is 8.50. The van der Waals surface area contributed by atoms with Crippen molar-refractivity contribution in [1.82, 2.24) is 4.13 Å². The second-order valence-corrected chi connectivity index (χ2v) is 10.5. The van der Waals surface area contributed by atoms with E-state index in [1.165, 1.54) is 12.5 Å². The van der Waals surface area contributed by atoms with Crippen LogP contribution in [0.5, 0.6) is 0 Å². The highest BCUT2D eigenvalue weighted by Crippen LogP contribution is 2.22. The summed E-state index contributed by atoms with van der Waals surface area (Å²) in [6.45, 7) is 6.32. The van der Waals surface area contributed by atoms with Gasteiger partial charge >= 0.3 is 31.8 Å². The molecule has 0 saturated heterocycles. The Balaban J connectivity index is 0.000000683. The molecule has 0 saturated carbocycles. The van der Waals surface area contributed by atoms with E-state index in [1.54, 1.807) is 0 Å². The van der Waals surface area contributed by atoms with E-state index >= 15 is 0 Å². The van der Waals surface area contributed by atoms with Crippen LogP contribution in [0.3, 0.4) is 0 Å². The fourth-order valence-corrected chi connectivity index (χ4v) is 3.79. The second kappa shape index (κ2) is 11.0. The van der Waals surface area contributed by atoms with Gasteiger partial charge in [0, 0.05) is 11.1 Å². The fourth-order valence-electron chi connectivity index (χ4n) is 1.78. The second-order valence-electron chi connectivity index (χ2n) is 7.27. The molecule has 0 aliphatic heterocycles. The van der Waals surface area contributed by atoms with Crippen molar-refractivity contribution in [2.75, 3.05) is 21.1 Å². The monoisotopic (exact) mass is 491 g/mol. The summed E-state index contributed by atoms with van der Waals surface area (Å²) in [4.78, 5) is 11.0. The largest absolute Gasteiger partial charge is 0.512 e. The number of benzene rings is 1. The molecule has 1 rings (SSSR count). The molecule has 0 aromatic heterocycles. The fraction of sp³-hybridized carbons (Fsp3) is 0.471. The van der Waals surface area contributed by atoms with Gasteiger partial charge in [-0.3, -0.25) is 0 Å². The van der Waals surface area contributed by atoms with Crippen LogP contribution in [0.2, 0.25) is 0 Å². The molecule has 0 spiro atoms. The van der Waals surface area contributed by atoms with Crippen molar-refractivity contribution in [2.24, 2.45) is 0 Å². The predicted octanol–water partition coefficient (Wildman–Crippen LogP) is 2.05. The molecule has 31 heavy (non-hydrogen) atoms. The van der Waals surface area contributed by atoms with E-state index in [1.807, 2.05) is 0 Å². The van der Waals surface area contributed by atoms with Gasteiger partial charge in [0.05, 0.1) is 21.1 Å². The van der Waals surface area contributed by atoms with E-state index in [9.17, 15) is 34.8 Å². The molecule has 1 aromatic carbocycles. The first-order valence-corrected chi connectivity index (χ1v) is 11.4. The number of sulfonamides is 1. The van der Waals surface area contributed by atoms with Gasteiger partial charge < -0.3 is 9.22 Å². The van der Waals surface area contributed by atoms with Crippen molar-refractivity contribution in [3.63, 3.8) is 0 Å². The molecule has 1 N–H and O–H groups in total. The van der Waals surface area contributed by atoms with Crippen LogP contribution in [0, 0.1) is 0 Å². The summed E-state index contributed by atoms with van der Waals surface area (Å²) in [6.07, 6.45) is -1.86. The van der Waals surface area contributed by atoms with Gasteiger partial charge in [-0.05, 0) is 13.8 Å². The number of hydrogen-bond acceptors (Lipinski definition) is 7. The lowest BCUT2D eigenvalue weighted by Crippen LogP contribution is -2.42. The number of esters is 1. The first kappa shape index (κ1) is 29.0. The summed E-state index contributed by atoms with van der Waals surface area (Å²) in [7, 11) is -4.92. The quantitative estimate of drug-likeness (QED) is 0.256. The van der Waals surface area contributed by atoms with Crippen LogP contribution in [0.25, 0.3) is 0 Å². The smallest absolute Gasteiger partial charge is 0.431 e. The lowest BCUT2D eigenvalue weighted by Gasteiger charge is -2.23. The van der Waals surface area contributed by atoms with Crippen molar-refractivity contribution < 1.29 is 48.2 Å². The van der Waals surface area contributed by atoms with Gasteiger partial charge in [-0.25, -0.2) is 17.4 Å². The van der Waals surface area contributed by atoms with Crippen LogP contribution in [0.4, 0.5) is 13.2 Å². The van der Waals surface area contributed by atoms with Gasteiger partial charge in [0.15, 0.2) is 0 Å². The highest BCUT2D eigenvalue weighted by atomic mass is 32.3.